The molecule has 0 amide bonds. The number of halogens is 1. The fraction of sp³-hybridized carbons (Fsp3) is 1.00. The molecule has 0 radical (unpaired) electrons. The number of aliphatic hydroxyl groups excluding tert-OH is 2. The summed E-state index contributed by atoms with van der Waals surface area (Å²) >= 11 is 3.32. The maximum atomic E-state index is 9.16. The molecule has 0 saturated carbocycles. The topological polar surface area (TPSA) is 40.5 Å². The monoisotopic (exact) mass is 226 g/mol. The Hall–Kier alpha value is 0.400. The zero-order valence-electron chi connectivity index (χ0n) is 7.39. The quantitative estimate of drug-likeness (QED) is 0.704. The Morgan fingerprint density at radius 2 is 1.82 bits per heavy atom. The number of hydrogen-bond acceptors (Lipinski definition) is 2. The van der Waals surface area contributed by atoms with Gasteiger partial charge in [0.25, 0.3) is 0 Å². The molecule has 2 nitrogen and oxygen atoms in total. The number of alkyl halides is 1. The standard InChI is InChI=1S/C7H15BrO.CH4O/c1-2-4-7(9)5-3-6-8;1-2/h7,9H,2-6H2,1H3;2H,1H3. The fourth-order valence-corrected chi connectivity index (χ4v) is 1.11. The minimum absolute atomic E-state index is 0.0625. The zero-order chi connectivity index (χ0) is 9.11. The molecular weight excluding hydrogens is 208 g/mol. The van der Waals surface area contributed by atoms with E-state index < -0.39 is 0 Å². The molecule has 0 aromatic carbocycles. The van der Waals surface area contributed by atoms with Crippen molar-refractivity contribution in [2.45, 2.75) is 38.7 Å². The first kappa shape index (κ1) is 14.0. The highest BCUT2D eigenvalue weighted by atomic mass is 79.9. The minimum atomic E-state index is -0.0625. The fourth-order valence-electron chi connectivity index (χ4n) is 0.790. The lowest BCUT2D eigenvalue weighted by atomic mass is 10.1. The summed E-state index contributed by atoms with van der Waals surface area (Å²) in [5.74, 6) is 0. The molecule has 0 bridgehead atoms. The lowest BCUT2D eigenvalue weighted by molar-refractivity contribution is 0.153. The van der Waals surface area contributed by atoms with E-state index >= 15 is 0 Å². The van der Waals surface area contributed by atoms with Gasteiger partial charge in [0.2, 0.25) is 0 Å². The number of hydrogen-bond donors (Lipinski definition) is 2. The summed E-state index contributed by atoms with van der Waals surface area (Å²) in [5.41, 5.74) is 0. The van der Waals surface area contributed by atoms with Gasteiger partial charge in [-0.2, -0.15) is 0 Å². The smallest absolute Gasteiger partial charge is 0.0540 e. The highest BCUT2D eigenvalue weighted by molar-refractivity contribution is 9.09. The Bertz CT molecular complexity index is 60.1. The second-order valence-electron chi connectivity index (χ2n) is 2.27. The molecule has 0 spiro atoms. The summed E-state index contributed by atoms with van der Waals surface area (Å²) in [4.78, 5) is 0. The maximum absolute atomic E-state index is 9.16. The van der Waals surface area contributed by atoms with Crippen LogP contribution in [0.2, 0.25) is 0 Å². The van der Waals surface area contributed by atoms with Crippen molar-refractivity contribution in [3.8, 4) is 0 Å². The van der Waals surface area contributed by atoms with Crippen LogP contribution in [0.15, 0.2) is 0 Å². The molecule has 70 valence electrons. The molecule has 0 aliphatic heterocycles. The Kier molecular flexibility index (Phi) is 16.5. The van der Waals surface area contributed by atoms with E-state index in [1.165, 1.54) is 0 Å². The van der Waals surface area contributed by atoms with E-state index in [0.29, 0.717) is 0 Å². The van der Waals surface area contributed by atoms with Gasteiger partial charge in [0, 0.05) is 12.4 Å². The van der Waals surface area contributed by atoms with E-state index in [9.17, 15) is 0 Å². The Balaban J connectivity index is 0. The van der Waals surface area contributed by atoms with Crippen molar-refractivity contribution >= 4 is 15.9 Å². The minimum Gasteiger partial charge on any atom is -0.400 e. The molecule has 0 aliphatic rings. The van der Waals surface area contributed by atoms with Crippen LogP contribution in [0.4, 0.5) is 0 Å². The van der Waals surface area contributed by atoms with E-state index in [0.717, 1.165) is 38.1 Å². The summed E-state index contributed by atoms with van der Waals surface area (Å²) in [6, 6.07) is 0. The van der Waals surface area contributed by atoms with Crippen molar-refractivity contribution in [1.82, 2.24) is 0 Å². The van der Waals surface area contributed by atoms with Crippen LogP contribution in [0, 0.1) is 0 Å². The van der Waals surface area contributed by atoms with Crippen molar-refractivity contribution in [3.05, 3.63) is 0 Å². The highest BCUT2D eigenvalue weighted by Gasteiger charge is 1.99. The predicted octanol–water partition coefficient (Wildman–Crippen LogP) is 1.93. The second-order valence-corrected chi connectivity index (χ2v) is 3.07. The van der Waals surface area contributed by atoms with Crippen molar-refractivity contribution in [2.24, 2.45) is 0 Å². The van der Waals surface area contributed by atoms with E-state index in [-0.39, 0.29) is 6.10 Å². The lowest BCUT2D eigenvalue weighted by Crippen LogP contribution is -2.05. The number of aliphatic hydroxyl groups is 2. The van der Waals surface area contributed by atoms with Crippen molar-refractivity contribution in [2.75, 3.05) is 12.4 Å². The summed E-state index contributed by atoms with van der Waals surface area (Å²) in [7, 11) is 1.00. The Labute approximate surface area is 77.8 Å². The van der Waals surface area contributed by atoms with Gasteiger partial charge < -0.3 is 10.2 Å². The molecule has 1 unspecified atom stereocenters. The zero-order valence-corrected chi connectivity index (χ0v) is 8.97. The van der Waals surface area contributed by atoms with Crippen LogP contribution >= 0.6 is 15.9 Å². The molecule has 0 heterocycles. The van der Waals surface area contributed by atoms with Gasteiger partial charge in [-0.25, -0.2) is 0 Å². The molecule has 1 atom stereocenters. The van der Waals surface area contributed by atoms with E-state index in [1.54, 1.807) is 0 Å². The molecule has 0 aromatic rings. The molecule has 3 heteroatoms. The van der Waals surface area contributed by atoms with Gasteiger partial charge in [-0.3, -0.25) is 0 Å². The van der Waals surface area contributed by atoms with Crippen molar-refractivity contribution < 1.29 is 10.2 Å². The maximum Gasteiger partial charge on any atom is 0.0540 e. The van der Waals surface area contributed by atoms with Crippen molar-refractivity contribution in [1.29, 1.82) is 0 Å². The van der Waals surface area contributed by atoms with E-state index in [1.807, 2.05) is 0 Å². The van der Waals surface area contributed by atoms with Crippen LogP contribution in [0.3, 0.4) is 0 Å². The first-order chi connectivity index (χ1) is 5.31. The Morgan fingerprint density at radius 1 is 1.27 bits per heavy atom. The SMILES string of the molecule is CCCC(O)CCCBr.CO. The normalized spacial score (nSPS) is 11.7. The van der Waals surface area contributed by atoms with Gasteiger partial charge in [-0.05, 0) is 19.3 Å². The number of rotatable bonds is 5. The average Bonchev–Trinajstić information content (AvgIpc) is 2.05. The molecule has 0 rings (SSSR count). The van der Waals surface area contributed by atoms with Gasteiger partial charge >= 0.3 is 0 Å². The summed E-state index contributed by atoms with van der Waals surface area (Å²) in [6.07, 6.45) is 4.00. The van der Waals surface area contributed by atoms with Crippen LogP contribution in [-0.4, -0.2) is 28.8 Å². The highest BCUT2D eigenvalue weighted by Crippen LogP contribution is 2.04. The third kappa shape index (κ3) is 13.4. The van der Waals surface area contributed by atoms with Crippen LogP contribution in [0.5, 0.6) is 0 Å². The van der Waals surface area contributed by atoms with Crippen LogP contribution in [-0.2, 0) is 0 Å². The first-order valence-corrected chi connectivity index (χ1v) is 5.12. The molecular formula is C8H19BrO2. The van der Waals surface area contributed by atoms with E-state index in [4.69, 9.17) is 10.2 Å². The largest absolute Gasteiger partial charge is 0.400 e. The molecule has 0 aliphatic carbocycles. The molecule has 2 N–H and O–H groups in total. The Morgan fingerprint density at radius 3 is 2.18 bits per heavy atom. The van der Waals surface area contributed by atoms with Gasteiger partial charge in [0.1, 0.15) is 0 Å². The van der Waals surface area contributed by atoms with Gasteiger partial charge in [-0.1, -0.05) is 29.3 Å². The predicted molar refractivity (Wildman–Crippen MR) is 52.1 cm³/mol. The third-order valence-electron chi connectivity index (χ3n) is 1.29. The lowest BCUT2D eigenvalue weighted by Gasteiger charge is -2.05. The molecule has 11 heavy (non-hydrogen) atoms. The van der Waals surface area contributed by atoms with Crippen LogP contribution < -0.4 is 0 Å². The molecule has 0 fully saturated rings. The first-order valence-electron chi connectivity index (χ1n) is 4.00. The van der Waals surface area contributed by atoms with Crippen LogP contribution in [0.1, 0.15) is 32.6 Å². The average molecular weight is 227 g/mol. The molecule has 0 aromatic heterocycles. The van der Waals surface area contributed by atoms with Crippen molar-refractivity contribution in [3.63, 3.8) is 0 Å². The van der Waals surface area contributed by atoms with Gasteiger partial charge in [-0.15, -0.1) is 0 Å². The van der Waals surface area contributed by atoms with Crippen LogP contribution in [0.25, 0.3) is 0 Å². The summed E-state index contributed by atoms with van der Waals surface area (Å²) < 4.78 is 0. The second kappa shape index (κ2) is 13.0. The van der Waals surface area contributed by atoms with E-state index in [2.05, 4.69) is 22.9 Å². The molecule has 0 saturated heterocycles. The summed E-state index contributed by atoms with van der Waals surface area (Å²) in [6.45, 7) is 2.09. The summed E-state index contributed by atoms with van der Waals surface area (Å²) in [5, 5.41) is 17.2. The third-order valence-corrected chi connectivity index (χ3v) is 1.85. The van der Waals surface area contributed by atoms with Gasteiger partial charge in [0.05, 0.1) is 6.10 Å². The van der Waals surface area contributed by atoms with Gasteiger partial charge in [0.15, 0.2) is 0 Å².